The first-order valence-electron chi connectivity index (χ1n) is 3.50. The first kappa shape index (κ1) is 11.6. The molecule has 0 unspecified atom stereocenters. The molecule has 0 radical (unpaired) electrons. The summed E-state index contributed by atoms with van der Waals surface area (Å²) in [6, 6.07) is 0.397. The van der Waals surface area contributed by atoms with Crippen LogP contribution < -0.4 is 10.7 Å². The third-order valence-corrected chi connectivity index (χ3v) is 2.40. The van der Waals surface area contributed by atoms with Crippen LogP contribution in [-0.2, 0) is 10.0 Å². The molecule has 0 atom stereocenters. The molecule has 0 aromatic carbocycles. The van der Waals surface area contributed by atoms with Crippen LogP contribution in [0.1, 0.15) is 12.0 Å². The van der Waals surface area contributed by atoms with E-state index in [0.29, 0.717) is 6.07 Å². The van der Waals surface area contributed by atoms with Crippen molar-refractivity contribution in [2.24, 2.45) is 5.14 Å². The zero-order valence-corrected chi connectivity index (χ0v) is 7.88. The van der Waals surface area contributed by atoms with E-state index in [-0.39, 0.29) is 0 Å². The highest BCUT2D eigenvalue weighted by Crippen LogP contribution is 2.30. The van der Waals surface area contributed by atoms with Gasteiger partial charge in [0.05, 0.1) is 5.56 Å². The van der Waals surface area contributed by atoms with Crippen LogP contribution in [0.5, 0.6) is 5.75 Å². The number of aromatic amines is 1. The number of H-pyrrole nitrogens is 1. The van der Waals surface area contributed by atoms with Crippen molar-refractivity contribution in [3.63, 3.8) is 0 Å². The highest BCUT2D eigenvalue weighted by Gasteiger charge is 2.23. The summed E-state index contributed by atoms with van der Waals surface area (Å²) in [6.45, 7) is 0. The van der Waals surface area contributed by atoms with E-state index in [1.54, 1.807) is 4.98 Å². The first-order valence-corrected chi connectivity index (χ1v) is 5.05. The Morgan fingerprint density at radius 3 is 2.40 bits per heavy atom. The van der Waals surface area contributed by atoms with Crippen LogP contribution in [0.15, 0.2) is 15.9 Å². The molecule has 0 spiro atoms. The molecule has 0 bridgehead atoms. The minimum Gasteiger partial charge on any atom is -0.505 e. The Morgan fingerprint density at radius 1 is 1.47 bits per heavy atom. The SMILES string of the molecule is NS(=O)(=O)c1[nH]c(=O)cc(C(F)F)c1O. The third-order valence-electron chi connectivity index (χ3n) is 1.53. The number of aromatic hydroxyl groups is 1. The lowest BCUT2D eigenvalue weighted by Crippen LogP contribution is -2.20. The van der Waals surface area contributed by atoms with Crippen LogP contribution in [-0.4, -0.2) is 18.5 Å². The van der Waals surface area contributed by atoms with E-state index < -0.39 is 38.3 Å². The number of sulfonamides is 1. The first-order chi connectivity index (χ1) is 6.73. The van der Waals surface area contributed by atoms with Gasteiger partial charge in [-0.1, -0.05) is 0 Å². The Kier molecular flexibility index (Phi) is 2.77. The normalized spacial score (nSPS) is 12.0. The number of alkyl halides is 2. The van der Waals surface area contributed by atoms with Crippen LogP contribution in [0, 0.1) is 0 Å². The molecule has 0 saturated heterocycles. The lowest BCUT2D eigenvalue weighted by Gasteiger charge is -2.06. The van der Waals surface area contributed by atoms with Crippen LogP contribution in [0.2, 0.25) is 0 Å². The van der Waals surface area contributed by atoms with Crippen molar-refractivity contribution in [3.05, 3.63) is 22.0 Å². The molecular weight excluding hydrogens is 234 g/mol. The maximum atomic E-state index is 12.2. The standard InChI is InChI=1S/C6H6F2N2O4S/c7-5(8)2-1-3(11)10-6(4(2)12)15(9,13)14/h1,5,12H,(H,10,11)(H2,9,13,14). The van der Waals surface area contributed by atoms with Crippen molar-refractivity contribution in [3.8, 4) is 5.75 Å². The summed E-state index contributed by atoms with van der Waals surface area (Å²) < 4.78 is 46.0. The molecule has 15 heavy (non-hydrogen) atoms. The lowest BCUT2D eigenvalue weighted by molar-refractivity contribution is 0.146. The fraction of sp³-hybridized carbons (Fsp3) is 0.167. The van der Waals surface area contributed by atoms with Crippen molar-refractivity contribution in [1.29, 1.82) is 0 Å². The molecule has 6 nitrogen and oxygen atoms in total. The van der Waals surface area contributed by atoms with Crippen LogP contribution in [0.4, 0.5) is 8.78 Å². The predicted molar refractivity (Wildman–Crippen MR) is 45.1 cm³/mol. The average molecular weight is 240 g/mol. The molecule has 0 aliphatic carbocycles. The van der Waals surface area contributed by atoms with Gasteiger partial charge in [0.15, 0.2) is 10.8 Å². The average Bonchev–Trinajstić information content (AvgIpc) is 2.06. The van der Waals surface area contributed by atoms with Gasteiger partial charge in [0.2, 0.25) is 5.56 Å². The van der Waals surface area contributed by atoms with E-state index in [9.17, 15) is 22.0 Å². The van der Waals surface area contributed by atoms with Crippen LogP contribution in [0.3, 0.4) is 0 Å². The third kappa shape index (κ3) is 2.30. The van der Waals surface area contributed by atoms with Gasteiger partial charge in [0.25, 0.3) is 16.4 Å². The zero-order valence-electron chi connectivity index (χ0n) is 7.07. The van der Waals surface area contributed by atoms with Gasteiger partial charge in [-0.15, -0.1) is 0 Å². The van der Waals surface area contributed by atoms with Gasteiger partial charge in [0, 0.05) is 6.07 Å². The van der Waals surface area contributed by atoms with Crippen LogP contribution in [0.25, 0.3) is 0 Å². The second kappa shape index (κ2) is 3.59. The molecule has 1 rings (SSSR count). The van der Waals surface area contributed by atoms with E-state index in [2.05, 4.69) is 5.14 Å². The Labute approximate surface area is 82.4 Å². The van der Waals surface area contributed by atoms with Gasteiger partial charge >= 0.3 is 0 Å². The van der Waals surface area contributed by atoms with E-state index in [4.69, 9.17) is 5.11 Å². The van der Waals surface area contributed by atoms with Gasteiger partial charge in [-0.25, -0.2) is 22.3 Å². The minimum atomic E-state index is -4.45. The Balaban J connectivity index is 3.64. The second-order valence-electron chi connectivity index (χ2n) is 2.61. The van der Waals surface area contributed by atoms with Crippen molar-refractivity contribution < 1.29 is 22.3 Å². The molecule has 1 heterocycles. The number of primary sulfonamides is 1. The summed E-state index contributed by atoms with van der Waals surface area (Å²) in [6.07, 6.45) is -3.17. The molecule has 0 aliphatic rings. The highest BCUT2D eigenvalue weighted by atomic mass is 32.2. The number of hydrogen-bond donors (Lipinski definition) is 3. The number of rotatable bonds is 2. The Bertz CT molecular complexity index is 537. The number of pyridine rings is 1. The van der Waals surface area contributed by atoms with E-state index in [1.165, 1.54) is 0 Å². The van der Waals surface area contributed by atoms with Crippen LogP contribution >= 0.6 is 0 Å². The summed E-state index contributed by atoms with van der Waals surface area (Å²) in [5.41, 5.74) is -2.17. The number of nitrogens with one attached hydrogen (secondary N) is 1. The molecule has 0 aliphatic heterocycles. The van der Waals surface area contributed by atoms with Crippen molar-refractivity contribution in [1.82, 2.24) is 4.98 Å². The summed E-state index contributed by atoms with van der Waals surface area (Å²) in [5, 5.41) is 12.6. The maximum Gasteiger partial charge on any atom is 0.267 e. The molecule has 0 saturated carbocycles. The molecule has 9 heteroatoms. The smallest absolute Gasteiger partial charge is 0.267 e. The number of aromatic nitrogens is 1. The van der Waals surface area contributed by atoms with Crippen molar-refractivity contribution >= 4 is 10.0 Å². The Hall–Kier alpha value is -1.48. The van der Waals surface area contributed by atoms with Gasteiger partial charge in [-0.05, 0) is 0 Å². The maximum absolute atomic E-state index is 12.2. The van der Waals surface area contributed by atoms with Gasteiger partial charge in [-0.3, -0.25) is 4.79 Å². The van der Waals surface area contributed by atoms with Gasteiger partial charge in [0.1, 0.15) is 0 Å². The lowest BCUT2D eigenvalue weighted by atomic mass is 10.2. The van der Waals surface area contributed by atoms with Crippen molar-refractivity contribution in [2.45, 2.75) is 11.5 Å². The summed E-state index contributed by atoms with van der Waals surface area (Å²) in [7, 11) is -4.45. The largest absolute Gasteiger partial charge is 0.505 e. The number of halogens is 2. The van der Waals surface area contributed by atoms with E-state index in [1.807, 2.05) is 0 Å². The van der Waals surface area contributed by atoms with E-state index in [0.717, 1.165) is 0 Å². The fourth-order valence-electron chi connectivity index (χ4n) is 0.920. The summed E-state index contributed by atoms with van der Waals surface area (Å²) in [5.74, 6) is -1.24. The second-order valence-corrected chi connectivity index (χ2v) is 4.11. The molecule has 1 aromatic heterocycles. The minimum absolute atomic E-state index is 0.397. The monoisotopic (exact) mass is 240 g/mol. The predicted octanol–water partition coefficient (Wildman–Crippen LogP) is -0.334. The van der Waals surface area contributed by atoms with Gasteiger partial charge in [-0.2, -0.15) is 0 Å². The van der Waals surface area contributed by atoms with Crippen molar-refractivity contribution in [2.75, 3.05) is 0 Å². The summed E-state index contributed by atoms with van der Waals surface area (Å²) in [4.78, 5) is 12.5. The molecule has 0 fully saturated rings. The van der Waals surface area contributed by atoms with Gasteiger partial charge < -0.3 is 10.1 Å². The summed E-state index contributed by atoms with van der Waals surface area (Å²) >= 11 is 0. The number of nitrogens with two attached hydrogens (primary N) is 1. The quantitative estimate of drug-likeness (QED) is 0.656. The molecule has 0 amide bonds. The zero-order chi connectivity index (χ0) is 11.8. The topological polar surface area (TPSA) is 113 Å². The number of hydrogen-bond acceptors (Lipinski definition) is 4. The molecular formula is C6H6F2N2O4S. The highest BCUT2D eigenvalue weighted by molar-refractivity contribution is 7.89. The molecule has 4 N–H and O–H groups in total. The fourth-order valence-corrected chi connectivity index (χ4v) is 1.55. The molecule has 84 valence electrons. The van der Waals surface area contributed by atoms with E-state index >= 15 is 0 Å². The molecule has 1 aromatic rings. The Morgan fingerprint density at radius 2 is 2.00 bits per heavy atom.